The summed E-state index contributed by atoms with van der Waals surface area (Å²) in [6, 6.07) is 1.95. The van der Waals surface area contributed by atoms with Gasteiger partial charge in [0.25, 0.3) is 0 Å². The number of aromatic nitrogens is 2. The van der Waals surface area contributed by atoms with Gasteiger partial charge in [-0.15, -0.1) is 0 Å². The number of carboxylic acids is 1. The monoisotopic (exact) mass is 265 g/mol. The number of methoxy groups -OCH3 is 1. The number of nitrogens with zero attached hydrogens (tertiary/aromatic N) is 3. The van der Waals surface area contributed by atoms with Crippen LogP contribution in [0.15, 0.2) is 6.07 Å². The molecule has 1 aliphatic carbocycles. The van der Waals surface area contributed by atoms with E-state index >= 15 is 0 Å². The van der Waals surface area contributed by atoms with Crippen LogP contribution in [0.1, 0.15) is 31.5 Å². The van der Waals surface area contributed by atoms with E-state index in [-0.39, 0.29) is 12.6 Å². The summed E-state index contributed by atoms with van der Waals surface area (Å²) >= 11 is 0. The Morgan fingerprint density at radius 1 is 1.47 bits per heavy atom. The molecule has 1 aromatic heterocycles. The molecular formula is C13H19N3O3. The van der Waals surface area contributed by atoms with Gasteiger partial charge in [0.05, 0.1) is 7.11 Å². The van der Waals surface area contributed by atoms with Crippen molar-refractivity contribution < 1.29 is 14.6 Å². The Hall–Kier alpha value is -1.85. The lowest BCUT2D eigenvalue weighted by Gasteiger charge is -2.28. The quantitative estimate of drug-likeness (QED) is 0.872. The Morgan fingerprint density at radius 3 is 2.74 bits per heavy atom. The van der Waals surface area contributed by atoms with Gasteiger partial charge in [-0.2, -0.15) is 4.98 Å². The summed E-state index contributed by atoms with van der Waals surface area (Å²) in [7, 11) is 1.54. The summed E-state index contributed by atoms with van der Waals surface area (Å²) in [6.45, 7) is 1.74. The molecule has 0 unspecified atom stereocenters. The summed E-state index contributed by atoms with van der Waals surface area (Å²) in [5.74, 6) is 0.847. The Labute approximate surface area is 112 Å². The summed E-state index contributed by atoms with van der Waals surface area (Å²) in [5, 5.41) is 9.09. The predicted molar refractivity (Wildman–Crippen MR) is 70.6 cm³/mol. The molecule has 0 aliphatic heterocycles. The molecule has 0 saturated heterocycles. The molecular weight excluding hydrogens is 246 g/mol. The van der Waals surface area contributed by atoms with E-state index in [1.807, 2.05) is 4.90 Å². The van der Waals surface area contributed by atoms with Crippen molar-refractivity contribution in [2.45, 2.75) is 38.6 Å². The molecule has 2 rings (SSSR count). The zero-order chi connectivity index (χ0) is 13.8. The number of aliphatic carboxylic acids is 1. The van der Waals surface area contributed by atoms with Crippen LogP contribution in [0.5, 0.6) is 5.88 Å². The normalized spacial score (nSPS) is 15.5. The Balaban J connectivity index is 2.30. The van der Waals surface area contributed by atoms with Gasteiger partial charge in [-0.3, -0.25) is 4.79 Å². The van der Waals surface area contributed by atoms with Crippen molar-refractivity contribution in [2.24, 2.45) is 0 Å². The Kier molecular flexibility index (Phi) is 4.19. The van der Waals surface area contributed by atoms with Crippen LogP contribution in [-0.4, -0.2) is 40.7 Å². The highest BCUT2D eigenvalue weighted by Crippen LogP contribution is 2.28. The highest BCUT2D eigenvalue weighted by molar-refractivity contribution is 5.73. The molecule has 0 atom stereocenters. The van der Waals surface area contributed by atoms with E-state index in [0.717, 1.165) is 25.7 Å². The number of hydrogen-bond donors (Lipinski definition) is 1. The molecule has 0 aromatic carbocycles. The third-order valence-electron chi connectivity index (χ3n) is 3.38. The number of anilines is 1. The number of ether oxygens (including phenoxy) is 1. The minimum absolute atomic E-state index is 0.0374. The van der Waals surface area contributed by atoms with E-state index in [4.69, 9.17) is 9.84 Å². The van der Waals surface area contributed by atoms with Gasteiger partial charge in [-0.1, -0.05) is 12.8 Å². The van der Waals surface area contributed by atoms with Gasteiger partial charge in [-0.25, -0.2) is 4.98 Å². The van der Waals surface area contributed by atoms with Gasteiger partial charge in [-0.05, 0) is 19.8 Å². The van der Waals surface area contributed by atoms with Crippen molar-refractivity contribution in [3.8, 4) is 5.88 Å². The molecule has 1 fully saturated rings. The van der Waals surface area contributed by atoms with Crippen LogP contribution < -0.4 is 9.64 Å². The molecule has 19 heavy (non-hydrogen) atoms. The maximum atomic E-state index is 11.1. The van der Waals surface area contributed by atoms with Gasteiger partial charge >= 0.3 is 5.97 Å². The van der Waals surface area contributed by atoms with E-state index in [1.54, 1.807) is 20.1 Å². The first-order chi connectivity index (χ1) is 9.10. The molecule has 104 valence electrons. The average molecular weight is 265 g/mol. The second-order valence-electron chi connectivity index (χ2n) is 4.78. The fourth-order valence-corrected chi connectivity index (χ4v) is 2.54. The minimum Gasteiger partial charge on any atom is -0.481 e. The lowest BCUT2D eigenvalue weighted by Crippen LogP contribution is -2.38. The topological polar surface area (TPSA) is 75.5 Å². The molecule has 1 heterocycles. The molecule has 0 radical (unpaired) electrons. The molecule has 1 N–H and O–H groups in total. The van der Waals surface area contributed by atoms with Crippen molar-refractivity contribution in [3.63, 3.8) is 0 Å². The molecule has 0 bridgehead atoms. The first kappa shape index (κ1) is 13.6. The van der Waals surface area contributed by atoms with Crippen molar-refractivity contribution >= 4 is 11.8 Å². The maximum absolute atomic E-state index is 11.1. The zero-order valence-corrected chi connectivity index (χ0v) is 11.3. The summed E-state index contributed by atoms with van der Waals surface area (Å²) in [4.78, 5) is 21.4. The lowest BCUT2D eigenvalue weighted by atomic mass is 10.2. The van der Waals surface area contributed by atoms with Crippen molar-refractivity contribution in [1.82, 2.24) is 9.97 Å². The van der Waals surface area contributed by atoms with Crippen LogP contribution in [0.25, 0.3) is 0 Å². The number of rotatable bonds is 5. The van der Waals surface area contributed by atoms with Crippen LogP contribution in [0.3, 0.4) is 0 Å². The largest absolute Gasteiger partial charge is 0.481 e. The first-order valence-electron chi connectivity index (χ1n) is 6.48. The number of hydrogen-bond acceptors (Lipinski definition) is 5. The first-order valence-corrected chi connectivity index (χ1v) is 6.48. The fraction of sp³-hybridized carbons (Fsp3) is 0.615. The van der Waals surface area contributed by atoms with Gasteiger partial charge in [0.2, 0.25) is 5.88 Å². The predicted octanol–water partition coefficient (Wildman–Crippen LogP) is 1.63. The van der Waals surface area contributed by atoms with Crippen LogP contribution in [0.4, 0.5) is 5.82 Å². The van der Waals surface area contributed by atoms with Crippen LogP contribution in [0, 0.1) is 6.92 Å². The average Bonchev–Trinajstić information content (AvgIpc) is 2.88. The number of aryl methyl sites for hydroxylation is 1. The maximum Gasteiger partial charge on any atom is 0.323 e. The van der Waals surface area contributed by atoms with Crippen molar-refractivity contribution in [1.29, 1.82) is 0 Å². The molecule has 1 aromatic rings. The van der Waals surface area contributed by atoms with E-state index in [9.17, 15) is 4.79 Å². The van der Waals surface area contributed by atoms with E-state index in [1.165, 1.54) is 0 Å². The highest BCUT2D eigenvalue weighted by atomic mass is 16.5. The summed E-state index contributed by atoms with van der Waals surface area (Å²) in [5.41, 5.74) is 0. The molecule has 0 spiro atoms. The summed E-state index contributed by atoms with van der Waals surface area (Å²) in [6.07, 6.45) is 4.31. The molecule has 0 amide bonds. The molecule has 6 heteroatoms. The SMILES string of the molecule is COc1cc(N(CC(=O)O)C2CCCC2)nc(C)n1. The van der Waals surface area contributed by atoms with E-state index in [2.05, 4.69) is 9.97 Å². The van der Waals surface area contributed by atoms with Gasteiger partial charge in [0.15, 0.2) is 0 Å². The lowest BCUT2D eigenvalue weighted by molar-refractivity contribution is -0.135. The standard InChI is InChI=1S/C13H19N3O3/c1-9-14-11(7-12(15-9)19-2)16(8-13(17)18)10-5-3-4-6-10/h7,10H,3-6,8H2,1-2H3,(H,17,18). The Morgan fingerprint density at radius 2 is 2.16 bits per heavy atom. The molecule has 1 aliphatic rings. The second kappa shape index (κ2) is 5.86. The minimum atomic E-state index is -0.845. The molecule has 6 nitrogen and oxygen atoms in total. The Bertz CT molecular complexity index is 458. The van der Waals surface area contributed by atoms with Gasteiger partial charge < -0.3 is 14.7 Å². The third kappa shape index (κ3) is 3.33. The molecule has 1 saturated carbocycles. The fourth-order valence-electron chi connectivity index (χ4n) is 2.54. The van der Waals surface area contributed by atoms with Crippen LogP contribution in [0.2, 0.25) is 0 Å². The number of carboxylic acid groups (broad SMARTS) is 1. The van der Waals surface area contributed by atoms with Gasteiger partial charge in [0.1, 0.15) is 18.2 Å². The number of carbonyl (C=O) groups is 1. The second-order valence-corrected chi connectivity index (χ2v) is 4.78. The van der Waals surface area contributed by atoms with Gasteiger partial charge in [0, 0.05) is 12.1 Å². The van der Waals surface area contributed by atoms with E-state index < -0.39 is 5.97 Å². The van der Waals surface area contributed by atoms with E-state index in [0.29, 0.717) is 17.5 Å². The highest BCUT2D eigenvalue weighted by Gasteiger charge is 2.26. The third-order valence-corrected chi connectivity index (χ3v) is 3.38. The smallest absolute Gasteiger partial charge is 0.323 e. The zero-order valence-electron chi connectivity index (χ0n) is 11.3. The summed E-state index contributed by atoms with van der Waals surface area (Å²) < 4.78 is 5.13. The van der Waals surface area contributed by atoms with Crippen molar-refractivity contribution in [2.75, 3.05) is 18.6 Å². The van der Waals surface area contributed by atoms with Crippen LogP contribution in [-0.2, 0) is 4.79 Å². The van der Waals surface area contributed by atoms with Crippen LogP contribution >= 0.6 is 0 Å². The van der Waals surface area contributed by atoms with Crippen molar-refractivity contribution in [3.05, 3.63) is 11.9 Å².